The summed E-state index contributed by atoms with van der Waals surface area (Å²) >= 11 is 0. The molecular weight excluding hydrogens is 154 g/mol. The molecule has 0 aromatic rings. The number of nitrogens with one attached hydrogen (secondary N) is 1. The zero-order valence-corrected chi connectivity index (χ0v) is 7.34. The molecule has 0 bridgehead atoms. The van der Waals surface area contributed by atoms with Crippen molar-refractivity contribution in [2.45, 2.75) is 25.0 Å². The maximum atomic E-state index is 9.93. The zero-order chi connectivity index (χ0) is 9.03. The molecule has 0 spiro atoms. The predicted molar refractivity (Wildman–Crippen MR) is 46.7 cm³/mol. The monoisotopic (exact) mass is 169 g/mol. The highest BCUT2D eigenvalue weighted by molar-refractivity contribution is 4.94. The van der Waals surface area contributed by atoms with Crippen LogP contribution in [0.2, 0.25) is 0 Å². The van der Waals surface area contributed by atoms with E-state index >= 15 is 0 Å². The minimum absolute atomic E-state index is 0.0947. The van der Waals surface area contributed by atoms with E-state index in [0.717, 1.165) is 0 Å². The SMILES string of the molecule is C#CCNCC1(O)CCOC1C. The quantitative estimate of drug-likeness (QED) is 0.452. The average Bonchev–Trinajstić information content (AvgIpc) is 2.34. The second kappa shape index (κ2) is 3.90. The largest absolute Gasteiger partial charge is 0.386 e. The van der Waals surface area contributed by atoms with E-state index in [9.17, 15) is 5.11 Å². The van der Waals surface area contributed by atoms with Crippen molar-refractivity contribution in [3.8, 4) is 12.3 Å². The Morgan fingerprint density at radius 3 is 3.08 bits per heavy atom. The molecule has 1 saturated heterocycles. The van der Waals surface area contributed by atoms with Gasteiger partial charge in [-0.2, -0.15) is 0 Å². The second-order valence-corrected chi connectivity index (χ2v) is 3.17. The minimum Gasteiger partial charge on any atom is -0.386 e. The number of rotatable bonds is 3. The Morgan fingerprint density at radius 2 is 2.58 bits per heavy atom. The first-order valence-electron chi connectivity index (χ1n) is 4.17. The van der Waals surface area contributed by atoms with Crippen LogP contribution in [0, 0.1) is 12.3 Å². The standard InChI is InChI=1S/C9H15NO2/c1-3-5-10-7-9(11)4-6-12-8(9)2/h1,8,10-11H,4-7H2,2H3. The number of terminal acetylenes is 1. The van der Waals surface area contributed by atoms with Crippen molar-refractivity contribution < 1.29 is 9.84 Å². The molecule has 0 aliphatic carbocycles. The van der Waals surface area contributed by atoms with Crippen molar-refractivity contribution in [1.29, 1.82) is 0 Å². The van der Waals surface area contributed by atoms with Crippen LogP contribution in [0.1, 0.15) is 13.3 Å². The predicted octanol–water partition coefficient (Wildman–Crippen LogP) is -0.251. The van der Waals surface area contributed by atoms with Gasteiger partial charge in [0.1, 0.15) is 5.60 Å². The lowest BCUT2D eigenvalue weighted by atomic mass is 9.97. The first-order chi connectivity index (χ1) is 5.69. The van der Waals surface area contributed by atoms with Crippen LogP contribution in [0.4, 0.5) is 0 Å². The normalized spacial score (nSPS) is 34.9. The molecule has 1 fully saturated rings. The third-order valence-electron chi connectivity index (χ3n) is 2.32. The molecule has 1 rings (SSSR count). The summed E-state index contributed by atoms with van der Waals surface area (Å²) in [7, 11) is 0. The van der Waals surface area contributed by atoms with Gasteiger partial charge in [-0.25, -0.2) is 0 Å². The third kappa shape index (κ3) is 1.98. The van der Waals surface area contributed by atoms with Crippen LogP contribution in [0.15, 0.2) is 0 Å². The van der Waals surface area contributed by atoms with Crippen molar-refractivity contribution in [2.75, 3.05) is 19.7 Å². The summed E-state index contributed by atoms with van der Waals surface area (Å²) in [5.74, 6) is 2.46. The molecular formula is C9H15NO2. The summed E-state index contributed by atoms with van der Waals surface area (Å²) in [5, 5.41) is 12.9. The van der Waals surface area contributed by atoms with Crippen LogP contribution in [0.25, 0.3) is 0 Å². The zero-order valence-electron chi connectivity index (χ0n) is 7.34. The summed E-state index contributed by atoms with van der Waals surface area (Å²) in [5.41, 5.74) is -0.725. The maximum Gasteiger partial charge on any atom is 0.105 e. The molecule has 1 heterocycles. The number of hydrogen-bond acceptors (Lipinski definition) is 3. The topological polar surface area (TPSA) is 41.5 Å². The minimum atomic E-state index is -0.725. The van der Waals surface area contributed by atoms with Gasteiger partial charge in [-0.1, -0.05) is 5.92 Å². The van der Waals surface area contributed by atoms with Gasteiger partial charge in [-0.3, -0.25) is 0 Å². The van der Waals surface area contributed by atoms with Gasteiger partial charge in [0.15, 0.2) is 0 Å². The molecule has 1 aliphatic rings. The van der Waals surface area contributed by atoms with E-state index in [-0.39, 0.29) is 6.10 Å². The Hall–Kier alpha value is -0.560. The van der Waals surface area contributed by atoms with Gasteiger partial charge in [-0.15, -0.1) is 6.42 Å². The molecule has 2 N–H and O–H groups in total. The van der Waals surface area contributed by atoms with Gasteiger partial charge in [0.2, 0.25) is 0 Å². The van der Waals surface area contributed by atoms with Crippen molar-refractivity contribution >= 4 is 0 Å². The molecule has 0 saturated carbocycles. The van der Waals surface area contributed by atoms with Crippen LogP contribution in [0.3, 0.4) is 0 Å². The van der Waals surface area contributed by atoms with Gasteiger partial charge < -0.3 is 15.2 Å². The summed E-state index contributed by atoms with van der Waals surface area (Å²) in [4.78, 5) is 0. The van der Waals surface area contributed by atoms with Crippen molar-refractivity contribution in [1.82, 2.24) is 5.32 Å². The van der Waals surface area contributed by atoms with Gasteiger partial charge in [0.25, 0.3) is 0 Å². The molecule has 68 valence electrons. The number of aliphatic hydroxyl groups is 1. The lowest BCUT2D eigenvalue weighted by Gasteiger charge is -2.25. The Bertz CT molecular complexity index is 187. The van der Waals surface area contributed by atoms with Crippen molar-refractivity contribution in [2.24, 2.45) is 0 Å². The average molecular weight is 169 g/mol. The summed E-state index contributed by atoms with van der Waals surface area (Å²) in [6.45, 7) is 3.52. The number of ether oxygens (including phenoxy) is 1. The van der Waals surface area contributed by atoms with E-state index in [1.54, 1.807) is 0 Å². The molecule has 3 nitrogen and oxygen atoms in total. The first kappa shape index (κ1) is 9.53. The molecule has 1 aliphatic heterocycles. The van der Waals surface area contributed by atoms with Gasteiger partial charge in [-0.05, 0) is 6.92 Å². The van der Waals surface area contributed by atoms with E-state index in [2.05, 4.69) is 11.2 Å². The van der Waals surface area contributed by atoms with Gasteiger partial charge >= 0.3 is 0 Å². The van der Waals surface area contributed by atoms with E-state index in [4.69, 9.17) is 11.2 Å². The first-order valence-corrected chi connectivity index (χ1v) is 4.17. The Kier molecular flexibility index (Phi) is 3.10. The van der Waals surface area contributed by atoms with E-state index in [0.29, 0.717) is 26.1 Å². The molecule has 2 unspecified atom stereocenters. The highest BCUT2D eigenvalue weighted by Crippen LogP contribution is 2.24. The summed E-state index contributed by atoms with van der Waals surface area (Å²) < 4.78 is 5.26. The summed E-state index contributed by atoms with van der Waals surface area (Å²) in [6, 6.07) is 0. The lowest BCUT2D eigenvalue weighted by Crippen LogP contribution is -2.45. The van der Waals surface area contributed by atoms with E-state index in [1.165, 1.54) is 0 Å². The van der Waals surface area contributed by atoms with Crippen molar-refractivity contribution in [3.63, 3.8) is 0 Å². The van der Waals surface area contributed by atoms with E-state index < -0.39 is 5.60 Å². The Balaban J connectivity index is 2.33. The van der Waals surface area contributed by atoms with Crippen LogP contribution >= 0.6 is 0 Å². The Morgan fingerprint density at radius 1 is 1.83 bits per heavy atom. The molecule has 12 heavy (non-hydrogen) atoms. The highest BCUT2D eigenvalue weighted by atomic mass is 16.5. The third-order valence-corrected chi connectivity index (χ3v) is 2.32. The van der Waals surface area contributed by atoms with Crippen LogP contribution in [-0.4, -0.2) is 36.5 Å². The molecule has 2 atom stereocenters. The van der Waals surface area contributed by atoms with Gasteiger partial charge in [0.05, 0.1) is 12.6 Å². The molecule has 3 heteroatoms. The van der Waals surface area contributed by atoms with Crippen LogP contribution < -0.4 is 5.32 Å². The van der Waals surface area contributed by atoms with E-state index in [1.807, 2.05) is 6.92 Å². The fourth-order valence-corrected chi connectivity index (χ4v) is 1.35. The molecule has 0 radical (unpaired) electrons. The molecule has 0 amide bonds. The van der Waals surface area contributed by atoms with Gasteiger partial charge in [0, 0.05) is 19.6 Å². The smallest absolute Gasteiger partial charge is 0.105 e. The lowest BCUT2D eigenvalue weighted by molar-refractivity contribution is -0.0254. The molecule has 0 aromatic carbocycles. The maximum absolute atomic E-state index is 9.93. The van der Waals surface area contributed by atoms with Crippen molar-refractivity contribution in [3.05, 3.63) is 0 Å². The van der Waals surface area contributed by atoms with Crippen LogP contribution in [-0.2, 0) is 4.74 Å². The second-order valence-electron chi connectivity index (χ2n) is 3.17. The fourth-order valence-electron chi connectivity index (χ4n) is 1.35. The Labute approximate surface area is 73.1 Å². The summed E-state index contributed by atoms with van der Waals surface area (Å²) in [6.07, 6.45) is 5.66. The molecule has 0 aromatic heterocycles. The number of hydrogen-bond donors (Lipinski definition) is 2. The van der Waals surface area contributed by atoms with Crippen LogP contribution in [0.5, 0.6) is 0 Å². The fraction of sp³-hybridized carbons (Fsp3) is 0.778. The highest BCUT2D eigenvalue weighted by Gasteiger charge is 2.38.